The van der Waals surface area contributed by atoms with Crippen molar-refractivity contribution in [3.8, 4) is 0 Å². The first kappa shape index (κ1) is 12.0. The molecular formula is C12H18N4O. The summed E-state index contributed by atoms with van der Waals surface area (Å²) in [5, 5.41) is 3.21. The van der Waals surface area contributed by atoms with Gasteiger partial charge in [-0.05, 0) is 12.8 Å². The van der Waals surface area contributed by atoms with Crippen LogP contribution >= 0.6 is 0 Å². The Balaban J connectivity index is 1.61. The van der Waals surface area contributed by atoms with E-state index in [1.807, 2.05) is 4.90 Å². The fourth-order valence-corrected chi connectivity index (χ4v) is 1.96. The Morgan fingerprint density at radius 3 is 2.88 bits per heavy atom. The summed E-state index contributed by atoms with van der Waals surface area (Å²) in [6.45, 7) is 3.24. The Bertz CT molecular complexity index is 349. The van der Waals surface area contributed by atoms with Crippen molar-refractivity contribution in [3.63, 3.8) is 0 Å². The Morgan fingerprint density at radius 1 is 1.35 bits per heavy atom. The van der Waals surface area contributed by atoms with Crippen molar-refractivity contribution in [2.24, 2.45) is 0 Å². The van der Waals surface area contributed by atoms with Crippen LogP contribution in [0.15, 0.2) is 18.6 Å². The van der Waals surface area contributed by atoms with Crippen molar-refractivity contribution >= 4 is 5.91 Å². The number of carbonyl (C=O) groups is 1. The number of carbonyl (C=O) groups excluding carboxylic acids is 1. The average molecular weight is 234 g/mol. The SMILES string of the molecule is O=C(CCNCc1cnccn1)N1CCCC1. The molecule has 1 aromatic rings. The fraction of sp³-hybridized carbons (Fsp3) is 0.583. The quantitative estimate of drug-likeness (QED) is 0.757. The maximum atomic E-state index is 11.7. The number of likely N-dealkylation sites (tertiary alicyclic amines) is 1. The van der Waals surface area contributed by atoms with Gasteiger partial charge >= 0.3 is 0 Å². The molecule has 5 heteroatoms. The number of amides is 1. The average Bonchev–Trinajstić information content (AvgIpc) is 2.89. The normalized spacial score (nSPS) is 15.2. The molecule has 1 N–H and O–H groups in total. The second-order valence-corrected chi connectivity index (χ2v) is 4.21. The van der Waals surface area contributed by atoms with Crippen molar-refractivity contribution in [1.29, 1.82) is 0 Å². The van der Waals surface area contributed by atoms with E-state index >= 15 is 0 Å². The highest BCUT2D eigenvalue weighted by atomic mass is 16.2. The molecule has 1 aliphatic rings. The van der Waals surface area contributed by atoms with Crippen LogP contribution in [-0.4, -0.2) is 40.4 Å². The summed E-state index contributed by atoms with van der Waals surface area (Å²) >= 11 is 0. The summed E-state index contributed by atoms with van der Waals surface area (Å²) in [5.74, 6) is 0.258. The summed E-state index contributed by atoms with van der Waals surface area (Å²) in [7, 11) is 0. The molecule has 2 heterocycles. The van der Waals surface area contributed by atoms with Crippen LogP contribution in [-0.2, 0) is 11.3 Å². The molecule has 1 amide bonds. The van der Waals surface area contributed by atoms with Gasteiger partial charge in [0.2, 0.25) is 5.91 Å². The third kappa shape index (κ3) is 3.78. The summed E-state index contributed by atoms with van der Waals surface area (Å²) < 4.78 is 0. The highest BCUT2D eigenvalue weighted by molar-refractivity contribution is 5.76. The largest absolute Gasteiger partial charge is 0.343 e. The lowest BCUT2D eigenvalue weighted by Crippen LogP contribution is -2.30. The smallest absolute Gasteiger partial charge is 0.223 e. The van der Waals surface area contributed by atoms with Crippen LogP contribution in [0.1, 0.15) is 25.0 Å². The van der Waals surface area contributed by atoms with Gasteiger partial charge in [0.25, 0.3) is 0 Å². The maximum Gasteiger partial charge on any atom is 0.223 e. The minimum absolute atomic E-state index is 0.258. The first-order valence-electron chi connectivity index (χ1n) is 6.09. The van der Waals surface area contributed by atoms with E-state index in [0.29, 0.717) is 19.5 Å². The molecular weight excluding hydrogens is 216 g/mol. The molecule has 0 radical (unpaired) electrons. The predicted molar refractivity (Wildman–Crippen MR) is 64.2 cm³/mol. The molecule has 17 heavy (non-hydrogen) atoms. The van der Waals surface area contributed by atoms with Gasteiger partial charge in [0, 0.05) is 51.2 Å². The zero-order valence-corrected chi connectivity index (χ0v) is 9.93. The number of hydrogen-bond acceptors (Lipinski definition) is 4. The molecule has 0 bridgehead atoms. The fourth-order valence-electron chi connectivity index (χ4n) is 1.96. The lowest BCUT2D eigenvalue weighted by molar-refractivity contribution is -0.130. The van der Waals surface area contributed by atoms with Crippen molar-refractivity contribution in [2.45, 2.75) is 25.8 Å². The lowest BCUT2D eigenvalue weighted by Gasteiger charge is -2.14. The van der Waals surface area contributed by atoms with Gasteiger partial charge in [-0.25, -0.2) is 0 Å². The zero-order chi connectivity index (χ0) is 11.9. The first-order valence-corrected chi connectivity index (χ1v) is 6.09. The van der Waals surface area contributed by atoms with E-state index in [0.717, 1.165) is 31.6 Å². The second-order valence-electron chi connectivity index (χ2n) is 4.21. The van der Waals surface area contributed by atoms with Crippen molar-refractivity contribution in [1.82, 2.24) is 20.2 Å². The van der Waals surface area contributed by atoms with Gasteiger partial charge in [-0.2, -0.15) is 0 Å². The Kier molecular flexibility index (Phi) is 4.44. The molecule has 92 valence electrons. The van der Waals surface area contributed by atoms with E-state index in [4.69, 9.17) is 0 Å². The number of aromatic nitrogens is 2. The lowest BCUT2D eigenvalue weighted by atomic mass is 10.3. The van der Waals surface area contributed by atoms with Crippen LogP contribution in [0.3, 0.4) is 0 Å². The summed E-state index contributed by atoms with van der Waals surface area (Å²) in [5.41, 5.74) is 0.904. The monoisotopic (exact) mass is 234 g/mol. The zero-order valence-electron chi connectivity index (χ0n) is 9.93. The Hall–Kier alpha value is -1.49. The third-order valence-electron chi connectivity index (χ3n) is 2.90. The molecule has 0 unspecified atom stereocenters. The Labute approximate surface area is 101 Å². The maximum absolute atomic E-state index is 11.7. The van der Waals surface area contributed by atoms with Crippen LogP contribution in [0, 0.1) is 0 Å². The van der Waals surface area contributed by atoms with E-state index in [1.165, 1.54) is 0 Å². The number of hydrogen-bond donors (Lipinski definition) is 1. The topological polar surface area (TPSA) is 58.1 Å². The Morgan fingerprint density at radius 2 is 2.18 bits per heavy atom. The van der Waals surface area contributed by atoms with Crippen LogP contribution < -0.4 is 5.32 Å². The van der Waals surface area contributed by atoms with Crippen LogP contribution in [0.2, 0.25) is 0 Å². The molecule has 2 rings (SSSR count). The summed E-state index contributed by atoms with van der Waals surface area (Å²) in [4.78, 5) is 21.8. The molecule has 0 spiro atoms. The number of nitrogens with zero attached hydrogens (tertiary/aromatic N) is 3. The molecule has 1 fully saturated rings. The number of nitrogens with one attached hydrogen (secondary N) is 1. The molecule has 0 atom stereocenters. The van der Waals surface area contributed by atoms with Gasteiger partial charge in [-0.3, -0.25) is 14.8 Å². The first-order chi connectivity index (χ1) is 8.36. The molecule has 1 aromatic heterocycles. The minimum Gasteiger partial charge on any atom is -0.343 e. The van der Waals surface area contributed by atoms with E-state index in [1.54, 1.807) is 18.6 Å². The van der Waals surface area contributed by atoms with Gasteiger partial charge in [0.1, 0.15) is 0 Å². The van der Waals surface area contributed by atoms with E-state index in [-0.39, 0.29) is 5.91 Å². The van der Waals surface area contributed by atoms with Gasteiger partial charge in [0.15, 0.2) is 0 Å². The van der Waals surface area contributed by atoms with E-state index in [2.05, 4.69) is 15.3 Å². The third-order valence-corrected chi connectivity index (χ3v) is 2.90. The van der Waals surface area contributed by atoms with E-state index < -0.39 is 0 Å². The standard InChI is InChI=1S/C12H18N4O/c17-12(16-7-1-2-8-16)3-4-13-9-11-10-14-5-6-15-11/h5-6,10,13H,1-4,7-9H2. The summed E-state index contributed by atoms with van der Waals surface area (Å²) in [6.07, 6.45) is 7.93. The van der Waals surface area contributed by atoms with Crippen LogP contribution in [0.4, 0.5) is 0 Å². The molecule has 0 aliphatic carbocycles. The predicted octanol–water partition coefficient (Wildman–Crippen LogP) is 0.579. The second kappa shape index (κ2) is 6.30. The van der Waals surface area contributed by atoms with Gasteiger partial charge in [0.05, 0.1) is 5.69 Å². The molecule has 1 aliphatic heterocycles. The van der Waals surface area contributed by atoms with Gasteiger partial charge in [-0.1, -0.05) is 0 Å². The van der Waals surface area contributed by atoms with Gasteiger partial charge in [-0.15, -0.1) is 0 Å². The number of rotatable bonds is 5. The molecule has 0 aromatic carbocycles. The minimum atomic E-state index is 0.258. The summed E-state index contributed by atoms with van der Waals surface area (Å²) in [6, 6.07) is 0. The van der Waals surface area contributed by atoms with Crippen LogP contribution in [0.25, 0.3) is 0 Å². The molecule has 0 saturated carbocycles. The molecule has 5 nitrogen and oxygen atoms in total. The van der Waals surface area contributed by atoms with Crippen LogP contribution in [0.5, 0.6) is 0 Å². The van der Waals surface area contributed by atoms with Crippen molar-refractivity contribution in [3.05, 3.63) is 24.3 Å². The van der Waals surface area contributed by atoms with Crippen molar-refractivity contribution in [2.75, 3.05) is 19.6 Å². The highest BCUT2D eigenvalue weighted by Gasteiger charge is 2.16. The van der Waals surface area contributed by atoms with Gasteiger partial charge < -0.3 is 10.2 Å². The highest BCUT2D eigenvalue weighted by Crippen LogP contribution is 2.08. The van der Waals surface area contributed by atoms with Crippen molar-refractivity contribution < 1.29 is 4.79 Å². The molecule has 1 saturated heterocycles. The van der Waals surface area contributed by atoms with E-state index in [9.17, 15) is 4.79 Å².